The maximum Gasteiger partial charge on any atom is 0.673 e. The lowest BCUT2D eigenvalue weighted by Crippen LogP contribution is -2.56. The summed E-state index contributed by atoms with van der Waals surface area (Å²) in [6, 6.07) is -0.0903. The first-order chi connectivity index (χ1) is 15.1. The molecule has 4 nitrogen and oxygen atoms in total. The third kappa shape index (κ3) is 3.43. The van der Waals surface area contributed by atoms with Gasteiger partial charge < -0.3 is 22.0 Å². The molecule has 0 spiro atoms. The Kier molecular flexibility index (Phi) is 5.34. The maximum absolute atomic E-state index is 14.2. The molecule has 3 aliphatic rings. The molecule has 1 aromatic heterocycles. The first-order valence-corrected chi connectivity index (χ1v) is 10.1. The molecule has 0 N–H and O–H groups in total. The fourth-order valence-corrected chi connectivity index (χ4v) is 5.68. The van der Waals surface area contributed by atoms with Gasteiger partial charge in [0.05, 0.1) is 6.10 Å². The van der Waals surface area contributed by atoms with Crippen molar-refractivity contribution in [2.24, 2.45) is 16.7 Å². The van der Waals surface area contributed by atoms with Gasteiger partial charge in [-0.15, -0.1) is 0 Å². The van der Waals surface area contributed by atoms with Crippen molar-refractivity contribution in [2.45, 2.75) is 52.4 Å². The summed E-state index contributed by atoms with van der Waals surface area (Å²) in [5, 5.41) is 4.09. The highest BCUT2D eigenvalue weighted by Crippen LogP contribution is 2.69. The van der Waals surface area contributed by atoms with E-state index in [4.69, 9.17) is 4.74 Å². The summed E-state index contributed by atoms with van der Waals surface area (Å²) in [7, 11) is -6.00. The summed E-state index contributed by atoms with van der Waals surface area (Å²) in [4.78, 5) is 0. The van der Waals surface area contributed by atoms with Crippen LogP contribution in [0.25, 0.3) is 5.69 Å². The second-order valence-corrected chi connectivity index (χ2v) is 9.30. The second kappa shape index (κ2) is 7.38. The van der Waals surface area contributed by atoms with Gasteiger partial charge in [0.15, 0.2) is 0 Å². The summed E-state index contributed by atoms with van der Waals surface area (Å²) in [5.74, 6) is -9.32. The molecule has 14 heteroatoms. The minimum absolute atomic E-state index is 0.0103. The first-order valence-electron chi connectivity index (χ1n) is 10.1. The van der Waals surface area contributed by atoms with Crippen molar-refractivity contribution in [1.82, 2.24) is 9.78 Å². The molecule has 5 rings (SSSR count). The van der Waals surface area contributed by atoms with Gasteiger partial charge in [-0.25, -0.2) is 17.7 Å². The van der Waals surface area contributed by atoms with Gasteiger partial charge in [0.2, 0.25) is 41.1 Å². The van der Waals surface area contributed by atoms with Crippen LogP contribution in [-0.4, -0.2) is 23.1 Å². The summed E-state index contributed by atoms with van der Waals surface area (Å²) in [6.45, 7) is 6.70. The number of ether oxygens (including phenoxy) is 1. The van der Waals surface area contributed by atoms with E-state index in [1.807, 2.05) is 0 Å². The van der Waals surface area contributed by atoms with E-state index in [9.17, 15) is 39.2 Å². The number of aromatic nitrogens is 3. The van der Waals surface area contributed by atoms with Crippen LogP contribution in [0.2, 0.25) is 0 Å². The summed E-state index contributed by atoms with van der Waals surface area (Å²) in [6.07, 6.45) is 3.24. The van der Waals surface area contributed by atoms with Gasteiger partial charge in [0.25, 0.3) is 0 Å². The van der Waals surface area contributed by atoms with Crippen molar-refractivity contribution in [2.75, 3.05) is 0 Å². The van der Waals surface area contributed by atoms with Crippen LogP contribution in [-0.2, 0) is 11.3 Å². The van der Waals surface area contributed by atoms with Gasteiger partial charge in [-0.05, 0) is 18.3 Å². The molecule has 1 aliphatic heterocycles. The molecule has 182 valence electrons. The number of nitrogens with zero attached hydrogens (tertiary/aromatic N) is 3. The van der Waals surface area contributed by atoms with E-state index >= 15 is 0 Å². The minimum Gasteiger partial charge on any atom is -0.418 e. The molecule has 2 aliphatic carbocycles. The molecule has 0 radical (unpaired) electrons. The van der Waals surface area contributed by atoms with Crippen LogP contribution < -0.4 is 4.57 Å². The molecule has 4 atom stereocenters. The topological polar surface area (TPSA) is 30.9 Å². The Bertz CT molecular complexity index is 1080. The normalized spacial score (nSPS) is 29.4. The van der Waals surface area contributed by atoms with E-state index in [1.54, 1.807) is 4.57 Å². The Morgan fingerprint density at radius 3 is 2.03 bits per heavy atom. The molecule has 0 amide bonds. The quantitative estimate of drug-likeness (QED) is 0.185. The number of halogens is 9. The predicted octanol–water partition coefficient (Wildman–Crippen LogP) is 5.05. The molecular formula is C19H19BF9N3O. The number of benzene rings is 1. The number of hydrogen-bond donors (Lipinski definition) is 0. The van der Waals surface area contributed by atoms with Gasteiger partial charge >= 0.3 is 13.1 Å². The van der Waals surface area contributed by atoms with Crippen molar-refractivity contribution in [3.63, 3.8) is 0 Å². The number of fused-ring (bicyclic) bond motifs is 7. The molecule has 1 aromatic carbocycles. The Hall–Kier alpha value is -2.25. The van der Waals surface area contributed by atoms with Gasteiger partial charge in [-0.2, -0.15) is 8.78 Å². The van der Waals surface area contributed by atoms with Gasteiger partial charge in [-0.3, -0.25) is 0 Å². The van der Waals surface area contributed by atoms with Crippen LogP contribution in [0, 0.1) is 45.8 Å². The van der Waals surface area contributed by atoms with E-state index in [2.05, 4.69) is 25.9 Å². The van der Waals surface area contributed by atoms with E-state index < -0.39 is 42.0 Å². The molecular weight excluding hydrogens is 468 g/mol. The average Bonchev–Trinajstić information content (AvgIpc) is 3.28. The van der Waals surface area contributed by atoms with Gasteiger partial charge in [0, 0.05) is 16.4 Å². The maximum atomic E-state index is 14.2. The smallest absolute Gasteiger partial charge is 0.418 e. The third-order valence-corrected chi connectivity index (χ3v) is 7.61. The summed E-state index contributed by atoms with van der Waals surface area (Å²) in [5.41, 5.74) is -1.15. The Balaban J connectivity index is 0.000000471. The van der Waals surface area contributed by atoms with Gasteiger partial charge in [0.1, 0.15) is 12.6 Å². The fourth-order valence-electron chi connectivity index (χ4n) is 5.68. The molecule has 2 bridgehead atoms. The van der Waals surface area contributed by atoms with Crippen LogP contribution in [0.3, 0.4) is 0 Å². The second-order valence-electron chi connectivity index (χ2n) is 9.30. The van der Waals surface area contributed by atoms with Crippen molar-refractivity contribution in [1.29, 1.82) is 0 Å². The largest absolute Gasteiger partial charge is 0.673 e. The van der Waals surface area contributed by atoms with Crippen molar-refractivity contribution in [3.05, 3.63) is 41.2 Å². The molecule has 2 heterocycles. The SMILES string of the molecule is CC1(C)C2CC[C@]1(C)C1OCc3nn(-c4c(F)c(F)c(F)c(F)c4F)c[n+]3C21.F[B-](F)(F)F. The summed E-state index contributed by atoms with van der Waals surface area (Å²) < 4.78 is 117. The zero-order valence-corrected chi connectivity index (χ0v) is 17.7. The molecule has 33 heavy (non-hydrogen) atoms. The fraction of sp³-hybridized carbons (Fsp3) is 0.579. The zero-order valence-electron chi connectivity index (χ0n) is 17.7. The van der Waals surface area contributed by atoms with Crippen LogP contribution in [0.15, 0.2) is 6.33 Å². The zero-order chi connectivity index (χ0) is 24.7. The Morgan fingerprint density at radius 2 is 1.48 bits per heavy atom. The van der Waals surface area contributed by atoms with E-state index in [-0.39, 0.29) is 35.5 Å². The van der Waals surface area contributed by atoms with Crippen LogP contribution in [0.1, 0.15) is 45.5 Å². The van der Waals surface area contributed by atoms with Crippen LogP contribution in [0.4, 0.5) is 39.2 Å². The lowest BCUT2D eigenvalue weighted by molar-refractivity contribution is -0.756. The highest BCUT2D eigenvalue weighted by Gasteiger charge is 2.70. The van der Waals surface area contributed by atoms with E-state index in [0.29, 0.717) is 5.82 Å². The molecule has 2 fully saturated rings. The van der Waals surface area contributed by atoms with Crippen LogP contribution >= 0.6 is 0 Å². The van der Waals surface area contributed by atoms with E-state index in [0.717, 1.165) is 17.5 Å². The molecule has 0 saturated heterocycles. The van der Waals surface area contributed by atoms with Crippen molar-refractivity contribution < 1.29 is 48.5 Å². The number of hydrogen-bond acceptors (Lipinski definition) is 2. The van der Waals surface area contributed by atoms with Crippen LogP contribution in [0.5, 0.6) is 0 Å². The monoisotopic (exact) mass is 487 g/mol. The summed E-state index contributed by atoms with van der Waals surface area (Å²) >= 11 is 0. The highest BCUT2D eigenvalue weighted by molar-refractivity contribution is 6.50. The Morgan fingerprint density at radius 1 is 0.970 bits per heavy atom. The highest BCUT2D eigenvalue weighted by atomic mass is 19.5. The molecule has 2 saturated carbocycles. The standard InChI is InChI=1S/C19H19F5N3O.BF4/c1-18(2)8-4-5-19(18,3)17-15(8)26-7-27(25-9(26)6-28-17)16-13(23)11(21)10(20)12(22)14(16)24;2-1(3,4)5/h7-8,15,17H,4-6H2,1-3H3;/q+1;-1/t8?,15?,17?,19-;/m1./s1. The predicted molar refractivity (Wildman–Crippen MR) is 96.0 cm³/mol. The number of rotatable bonds is 1. The van der Waals surface area contributed by atoms with E-state index in [1.165, 1.54) is 6.33 Å². The van der Waals surface area contributed by atoms with Crippen molar-refractivity contribution in [3.8, 4) is 5.69 Å². The van der Waals surface area contributed by atoms with Gasteiger partial charge in [-0.1, -0.05) is 25.5 Å². The first kappa shape index (κ1) is 23.9. The average molecular weight is 487 g/mol. The minimum atomic E-state index is -6.00. The molecule has 2 aromatic rings. The lowest BCUT2D eigenvalue weighted by Gasteiger charge is -2.40. The third-order valence-electron chi connectivity index (χ3n) is 7.61. The van der Waals surface area contributed by atoms with Crippen molar-refractivity contribution >= 4 is 7.25 Å². The molecule has 3 unspecified atom stereocenters. The Labute approximate surface area is 182 Å². The lowest BCUT2D eigenvalue weighted by atomic mass is 9.70.